The van der Waals surface area contributed by atoms with Crippen LogP contribution in [0.2, 0.25) is 0 Å². The fraction of sp³-hybridized carbons (Fsp3) is 0.100. The molecule has 3 heterocycles. The highest BCUT2D eigenvalue weighted by molar-refractivity contribution is 6.04. The van der Waals surface area contributed by atoms with Crippen molar-refractivity contribution in [3.8, 4) is 17.0 Å². The minimum atomic E-state index is -4.84. The Hall–Kier alpha value is -3.95. The van der Waals surface area contributed by atoms with E-state index in [1.807, 2.05) is 6.92 Å². The van der Waals surface area contributed by atoms with Crippen molar-refractivity contribution in [1.82, 2.24) is 19.6 Å². The number of pyridine rings is 1. The van der Waals surface area contributed by atoms with Crippen molar-refractivity contribution in [1.29, 1.82) is 0 Å². The van der Waals surface area contributed by atoms with Crippen LogP contribution in [0, 0.1) is 6.92 Å². The number of carbonyl (C=O) groups excluding carboxylic acids is 1. The van der Waals surface area contributed by atoms with Crippen molar-refractivity contribution >= 4 is 17.2 Å². The van der Waals surface area contributed by atoms with Gasteiger partial charge in [-0.3, -0.25) is 9.78 Å². The van der Waals surface area contributed by atoms with Crippen LogP contribution in [-0.4, -0.2) is 31.9 Å². The average molecular weight is 413 g/mol. The number of ether oxygens (including phenoxy) is 1. The number of para-hydroxylation sites is 1. The molecule has 0 atom stereocenters. The van der Waals surface area contributed by atoms with E-state index in [2.05, 4.69) is 25.1 Å². The molecule has 10 heteroatoms. The molecule has 0 spiro atoms. The van der Waals surface area contributed by atoms with Crippen LogP contribution in [0.5, 0.6) is 5.75 Å². The Morgan fingerprint density at radius 3 is 2.73 bits per heavy atom. The Kier molecular flexibility index (Phi) is 4.82. The van der Waals surface area contributed by atoms with Crippen LogP contribution in [0.1, 0.15) is 16.1 Å². The summed E-state index contributed by atoms with van der Waals surface area (Å²) in [5.41, 5.74) is 2.02. The molecule has 4 aromatic rings. The number of amides is 1. The van der Waals surface area contributed by atoms with Gasteiger partial charge < -0.3 is 10.1 Å². The van der Waals surface area contributed by atoms with E-state index in [4.69, 9.17) is 0 Å². The first-order chi connectivity index (χ1) is 14.3. The number of benzene rings is 1. The molecule has 152 valence electrons. The predicted octanol–water partition coefficient (Wildman–Crippen LogP) is 4.25. The monoisotopic (exact) mass is 413 g/mol. The topological polar surface area (TPSA) is 81.4 Å². The maximum absolute atomic E-state index is 12.7. The molecule has 0 radical (unpaired) electrons. The fourth-order valence-electron chi connectivity index (χ4n) is 2.85. The molecule has 0 aliphatic carbocycles. The van der Waals surface area contributed by atoms with Crippen LogP contribution < -0.4 is 10.1 Å². The summed E-state index contributed by atoms with van der Waals surface area (Å²) in [7, 11) is 0. The van der Waals surface area contributed by atoms with E-state index in [0.29, 0.717) is 5.69 Å². The maximum Gasteiger partial charge on any atom is 0.573 e. The van der Waals surface area contributed by atoms with Gasteiger partial charge in [0.2, 0.25) is 0 Å². The first-order valence-electron chi connectivity index (χ1n) is 8.74. The van der Waals surface area contributed by atoms with Crippen LogP contribution in [0.15, 0.2) is 61.1 Å². The van der Waals surface area contributed by atoms with Gasteiger partial charge in [0.1, 0.15) is 17.1 Å². The number of aryl methyl sites for hydroxylation is 1. The minimum absolute atomic E-state index is 0.149. The number of nitrogens with zero attached hydrogens (tertiary/aromatic N) is 4. The number of anilines is 1. The second-order valence-corrected chi connectivity index (χ2v) is 6.36. The zero-order chi connectivity index (χ0) is 21.3. The molecule has 0 unspecified atom stereocenters. The lowest BCUT2D eigenvalue weighted by atomic mass is 10.1. The fourth-order valence-corrected chi connectivity index (χ4v) is 2.85. The number of halogens is 3. The molecule has 1 N–H and O–H groups in total. The van der Waals surface area contributed by atoms with E-state index in [1.54, 1.807) is 18.2 Å². The summed E-state index contributed by atoms with van der Waals surface area (Å²) in [5.74, 6) is -0.836. The molecule has 0 saturated carbocycles. The molecule has 0 aliphatic heterocycles. The van der Waals surface area contributed by atoms with Crippen molar-refractivity contribution in [3.63, 3.8) is 0 Å². The Morgan fingerprint density at radius 1 is 1.17 bits per heavy atom. The van der Waals surface area contributed by atoms with Crippen molar-refractivity contribution in [2.45, 2.75) is 13.3 Å². The number of nitrogens with one attached hydrogen (secondary N) is 1. The summed E-state index contributed by atoms with van der Waals surface area (Å²) in [6.07, 6.45) is -0.383. The van der Waals surface area contributed by atoms with E-state index < -0.39 is 12.3 Å². The molecule has 1 amide bonds. The lowest BCUT2D eigenvalue weighted by Gasteiger charge is -2.13. The maximum atomic E-state index is 12.7. The third kappa shape index (κ3) is 4.07. The van der Waals surface area contributed by atoms with Gasteiger partial charge in [-0.25, -0.2) is 9.50 Å². The third-order valence-corrected chi connectivity index (χ3v) is 4.15. The van der Waals surface area contributed by atoms with Gasteiger partial charge >= 0.3 is 6.36 Å². The standard InChI is InChI=1S/C20H14F3N5O2/c1-12-6-8-24-15(10-12)19(29)27-16-11-25-28-9-7-14(26-18(16)28)13-4-2-3-5-17(13)30-20(21,22)23/h2-11H,1H3,(H,27,29). The molecule has 7 nitrogen and oxygen atoms in total. The SMILES string of the molecule is Cc1ccnc(C(=O)Nc2cnn3ccc(-c4ccccc4OC(F)(F)F)nc23)c1. The zero-order valence-corrected chi connectivity index (χ0v) is 15.5. The highest BCUT2D eigenvalue weighted by Gasteiger charge is 2.32. The summed E-state index contributed by atoms with van der Waals surface area (Å²) >= 11 is 0. The van der Waals surface area contributed by atoms with Crippen LogP contribution in [0.4, 0.5) is 18.9 Å². The van der Waals surface area contributed by atoms with Gasteiger partial charge in [-0.1, -0.05) is 12.1 Å². The summed E-state index contributed by atoms with van der Waals surface area (Å²) in [6.45, 7) is 1.84. The average Bonchev–Trinajstić information content (AvgIpc) is 3.09. The second kappa shape index (κ2) is 7.47. The van der Waals surface area contributed by atoms with Crippen molar-refractivity contribution in [3.05, 3.63) is 72.3 Å². The van der Waals surface area contributed by atoms with Crippen LogP contribution >= 0.6 is 0 Å². The lowest BCUT2D eigenvalue weighted by Crippen LogP contribution is -2.17. The van der Waals surface area contributed by atoms with E-state index in [9.17, 15) is 18.0 Å². The largest absolute Gasteiger partial charge is 0.573 e. The number of carbonyl (C=O) groups is 1. The van der Waals surface area contributed by atoms with Crippen molar-refractivity contribution in [2.24, 2.45) is 0 Å². The number of rotatable bonds is 4. The van der Waals surface area contributed by atoms with Gasteiger partial charge in [-0.05, 0) is 42.8 Å². The quantitative estimate of drug-likeness (QED) is 0.541. The molecule has 30 heavy (non-hydrogen) atoms. The number of alkyl halides is 3. The van der Waals surface area contributed by atoms with Gasteiger partial charge in [0, 0.05) is 18.0 Å². The molecule has 0 saturated heterocycles. The van der Waals surface area contributed by atoms with E-state index >= 15 is 0 Å². The molecule has 4 rings (SSSR count). The lowest BCUT2D eigenvalue weighted by molar-refractivity contribution is -0.274. The normalized spacial score (nSPS) is 11.5. The number of hydrogen-bond acceptors (Lipinski definition) is 5. The Labute approximate surface area is 168 Å². The van der Waals surface area contributed by atoms with Crippen molar-refractivity contribution in [2.75, 3.05) is 5.32 Å². The first-order valence-corrected chi connectivity index (χ1v) is 8.74. The number of aromatic nitrogens is 4. The smallest absolute Gasteiger partial charge is 0.405 e. The van der Waals surface area contributed by atoms with Gasteiger partial charge in [-0.15, -0.1) is 13.2 Å². The molecule has 1 aromatic carbocycles. The Balaban J connectivity index is 1.70. The number of fused-ring (bicyclic) bond motifs is 1. The highest BCUT2D eigenvalue weighted by atomic mass is 19.4. The predicted molar refractivity (Wildman–Crippen MR) is 102 cm³/mol. The summed E-state index contributed by atoms with van der Waals surface area (Å²) in [5, 5.41) is 6.79. The van der Waals surface area contributed by atoms with E-state index in [0.717, 1.165) is 5.56 Å². The summed E-state index contributed by atoms with van der Waals surface area (Å²) in [6, 6.07) is 10.6. The minimum Gasteiger partial charge on any atom is -0.405 e. The molecule has 0 bridgehead atoms. The summed E-state index contributed by atoms with van der Waals surface area (Å²) < 4.78 is 43.7. The molecular weight excluding hydrogens is 399 g/mol. The third-order valence-electron chi connectivity index (χ3n) is 4.15. The molecule has 0 fully saturated rings. The van der Waals surface area contributed by atoms with Gasteiger partial charge in [0.05, 0.1) is 11.9 Å². The van der Waals surface area contributed by atoms with Crippen LogP contribution in [0.25, 0.3) is 16.9 Å². The molecule has 0 aliphatic rings. The van der Waals surface area contributed by atoms with E-state index in [-0.39, 0.29) is 28.3 Å². The first kappa shape index (κ1) is 19.4. The summed E-state index contributed by atoms with van der Waals surface area (Å²) in [4.78, 5) is 20.9. The Morgan fingerprint density at radius 2 is 1.97 bits per heavy atom. The molecule has 3 aromatic heterocycles. The van der Waals surface area contributed by atoms with Gasteiger partial charge in [-0.2, -0.15) is 5.10 Å². The van der Waals surface area contributed by atoms with E-state index in [1.165, 1.54) is 47.4 Å². The van der Waals surface area contributed by atoms with Crippen LogP contribution in [0.3, 0.4) is 0 Å². The highest BCUT2D eigenvalue weighted by Crippen LogP contribution is 2.33. The van der Waals surface area contributed by atoms with Gasteiger partial charge in [0.15, 0.2) is 5.65 Å². The number of hydrogen-bond donors (Lipinski definition) is 1. The van der Waals surface area contributed by atoms with Gasteiger partial charge in [0.25, 0.3) is 5.91 Å². The molecular formula is C20H14F3N5O2. The second-order valence-electron chi connectivity index (χ2n) is 6.36. The Bertz CT molecular complexity index is 1240. The zero-order valence-electron chi connectivity index (χ0n) is 15.5. The van der Waals surface area contributed by atoms with Crippen molar-refractivity contribution < 1.29 is 22.7 Å². The van der Waals surface area contributed by atoms with Crippen LogP contribution in [-0.2, 0) is 0 Å².